The van der Waals surface area contributed by atoms with E-state index >= 15 is 0 Å². The molecule has 0 saturated carbocycles. The van der Waals surface area contributed by atoms with Crippen LogP contribution in [0.5, 0.6) is 5.75 Å². The molecule has 0 N–H and O–H groups in total. The Morgan fingerprint density at radius 1 is 0.881 bits per heavy atom. The van der Waals surface area contributed by atoms with Crippen LogP contribution in [0, 0.1) is 15.5 Å². The Labute approximate surface area is 241 Å². The van der Waals surface area contributed by atoms with E-state index in [-0.39, 0.29) is 23.0 Å². The molecule has 4 aromatic rings. The van der Waals surface area contributed by atoms with E-state index in [2.05, 4.69) is 0 Å². The number of carbonyl (C=O) groups is 3. The average Bonchev–Trinajstić information content (AvgIpc) is 3.47. The number of nitro benzene ring substituents is 1. The molecule has 0 radical (unpaired) electrons. The van der Waals surface area contributed by atoms with Gasteiger partial charge in [-0.15, -0.1) is 0 Å². The van der Waals surface area contributed by atoms with Crippen molar-refractivity contribution in [2.24, 2.45) is 5.41 Å². The number of Topliss-reactive ketones (excluding diaryl/α,β-unsaturated/α-hetero) is 3. The van der Waals surface area contributed by atoms with Crippen LogP contribution < -0.4 is 9.64 Å². The number of ketones is 3. The highest BCUT2D eigenvalue weighted by atomic mass is 16.6. The number of para-hydroxylation sites is 1. The van der Waals surface area contributed by atoms with Crippen LogP contribution in [0.1, 0.15) is 48.1 Å². The third-order valence-corrected chi connectivity index (χ3v) is 8.80. The van der Waals surface area contributed by atoms with Crippen molar-refractivity contribution in [2.75, 3.05) is 12.0 Å². The summed E-state index contributed by atoms with van der Waals surface area (Å²) in [7, 11) is 1.53. The quantitative estimate of drug-likeness (QED) is 0.130. The molecule has 4 aromatic carbocycles. The van der Waals surface area contributed by atoms with Crippen molar-refractivity contribution in [3.05, 3.63) is 141 Å². The maximum absolute atomic E-state index is 14.7. The van der Waals surface area contributed by atoms with Gasteiger partial charge < -0.3 is 9.64 Å². The summed E-state index contributed by atoms with van der Waals surface area (Å²) in [6.07, 6.45) is 3.71. The molecule has 1 fully saturated rings. The van der Waals surface area contributed by atoms with Gasteiger partial charge in [-0.3, -0.25) is 24.5 Å². The van der Waals surface area contributed by atoms with E-state index in [1.54, 1.807) is 54.6 Å². The number of benzene rings is 4. The van der Waals surface area contributed by atoms with Crippen LogP contribution in [0.3, 0.4) is 0 Å². The highest BCUT2D eigenvalue weighted by molar-refractivity contribution is 6.32. The number of anilines is 1. The van der Waals surface area contributed by atoms with Crippen molar-refractivity contribution in [3.8, 4) is 5.75 Å². The Morgan fingerprint density at radius 3 is 2.21 bits per heavy atom. The summed E-state index contributed by atoms with van der Waals surface area (Å²) in [6.45, 7) is 0. The molecular formula is C34H24N2O6. The Kier molecular flexibility index (Phi) is 5.69. The fraction of sp³-hybridized carbons (Fsp3) is 0.147. The maximum atomic E-state index is 14.7. The molecule has 2 aliphatic heterocycles. The molecule has 1 unspecified atom stereocenters. The molecule has 42 heavy (non-hydrogen) atoms. The van der Waals surface area contributed by atoms with Crippen LogP contribution in [-0.2, 0) is 0 Å². The first-order chi connectivity index (χ1) is 20.4. The van der Waals surface area contributed by atoms with Crippen molar-refractivity contribution < 1.29 is 24.0 Å². The minimum Gasteiger partial charge on any atom is -0.497 e. The number of nitro groups is 1. The molecule has 1 spiro atoms. The Bertz CT molecular complexity index is 1810. The Morgan fingerprint density at radius 2 is 1.55 bits per heavy atom. The maximum Gasteiger partial charge on any atom is 0.269 e. The average molecular weight is 557 g/mol. The monoisotopic (exact) mass is 556 g/mol. The van der Waals surface area contributed by atoms with Crippen LogP contribution in [-0.4, -0.2) is 41.5 Å². The van der Waals surface area contributed by atoms with Gasteiger partial charge in [-0.05, 0) is 41.5 Å². The van der Waals surface area contributed by atoms with E-state index in [0.29, 0.717) is 33.7 Å². The summed E-state index contributed by atoms with van der Waals surface area (Å²) in [5.41, 5.74) is 0.975. The lowest BCUT2D eigenvalue weighted by molar-refractivity contribution is -0.384. The van der Waals surface area contributed by atoms with Crippen LogP contribution in [0.4, 0.5) is 11.4 Å². The summed E-state index contributed by atoms with van der Waals surface area (Å²) in [6, 6.07) is 25.0. The van der Waals surface area contributed by atoms with Crippen LogP contribution in [0.2, 0.25) is 0 Å². The molecule has 7 rings (SSSR count). The van der Waals surface area contributed by atoms with Gasteiger partial charge in [0.15, 0.2) is 17.3 Å². The summed E-state index contributed by atoms with van der Waals surface area (Å²) >= 11 is 0. The lowest BCUT2D eigenvalue weighted by Gasteiger charge is -2.37. The number of nitrogens with zero attached hydrogens (tertiary/aromatic N) is 2. The molecular weight excluding hydrogens is 532 g/mol. The molecule has 206 valence electrons. The third kappa shape index (κ3) is 3.38. The predicted octanol–water partition coefficient (Wildman–Crippen LogP) is 5.92. The number of methoxy groups -OCH3 is 1. The molecule has 8 nitrogen and oxygen atoms in total. The number of carbonyl (C=O) groups excluding carboxylic acids is 3. The van der Waals surface area contributed by atoms with Gasteiger partial charge in [0.05, 0.1) is 18.1 Å². The highest BCUT2D eigenvalue weighted by Crippen LogP contribution is 2.61. The fourth-order valence-electron chi connectivity index (χ4n) is 7.05. The molecule has 0 aromatic heterocycles. The van der Waals surface area contributed by atoms with Gasteiger partial charge in [0.25, 0.3) is 5.69 Å². The number of fused-ring (bicyclic) bond motifs is 5. The molecule has 2 heterocycles. The summed E-state index contributed by atoms with van der Waals surface area (Å²) in [4.78, 5) is 57.2. The SMILES string of the molecule is COc1ccc(C(=O)[C@@H]2[C@@H](c3cccc([N+](=O)[O-])c3)C3(C(=O)c4ccccc4C3=O)C3C=Cc4ccccc4N32)cc1. The molecule has 1 saturated heterocycles. The van der Waals surface area contributed by atoms with E-state index < -0.39 is 28.3 Å². The standard InChI is InChI=1S/C34H24N2O6/c1-42-24-16-13-21(14-17-24)31(37)30-29(22-8-6-9-23(19-22)36(40)41)34(32(38)25-10-3-4-11-26(25)33(34)39)28-18-15-20-7-2-5-12-27(20)35(28)30/h2-19,28-30H,1H3/t28?,29-,30+/m1/s1. The Balaban J connectivity index is 1.54. The van der Waals surface area contributed by atoms with E-state index in [0.717, 1.165) is 5.56 Å². The lowest BCUT2D eigenvalue weighted by Crippen LogP contribution is -2.48. The van der Waals surface area contributed by atoms with E-state index in [1.165, 1.54) is 25.3 Å². The summed E-state index contributed by atoms with van der Waals surface area (Å²) < 4.78 is 5.29. The van der Waals surface area contributed by atoms with Gasteiger partial charge in [0.1, 0.15) is 17.2 Å². The number of hydrogen-bond acceptors (Lipinski definition) is 7. The van der Waals surface area contributed by atoms with Crippen molar-refractivity contribution in [1.29, 1.82) is 0 Å². The minimum atomic E-state index is -1.73. The van der Waals surface area contributed by atoms with E-state index in [4.69, 9.17) is 4.74 Å². The van der Waals surface area contributed by atoms with Gasteiger partial charge in [0, 0.05) is 40.4 Å². The first-order valence-corrected chi connectivity index (χ1v) is 13.5. The van der Waals surface area contributed by atoms with Crippen molar-refractivity contribution in [3.63, 3.8) is 0 Å². The molecule has 3 aliphatic rings. The minimum absolute atomic E-state index is 0.186. The third-order valence-electron chi connectivity index (χ3n) is 8.80. The number of hydrogen-bond donors (Lipinski definition) is 0. The number of non-ortho nitro benzene ring substituents is 1. The van der Waals surface area contributed by atoms with Gasteiger partial charge in [0.2, 0.25) is 0 Å². The Hall–Kier alpha value is -5.37. The van der Waals surface area contributed by atoms with Gasteiger partial charge >= 0.3 is 0 Å². The molecule has 0 amide bonds. The molecule has 8 heteroatoms. The largest absolute Gasteiger partial charge is 0.497 e. The van der Waals surface area contributed by atoms with Crippen LogP contribution in [0.25, 0.3) is 6.08 Å². The van der Waals surface area contributed by atoms with Gasteiger partial charge in [-0.1, -0.05) is 66.7 Å². The second kappa shape index (κ2) is 9.34. The van der Waals surface area contributed by atoms with Crippen molar-refractivity contribution in [1.82, 2.24) is 0 Å². The van der Waals surface area contributed by atoms with E-state index in [1.807, 2.05) is 41.3 Å². The highest BCUT2D eigenvalue weighted by Gasteiger charge is 2.71. The second-order valence-corrected chi connectivity index (χ2v) is 10.7. The second-order valence-electron chi connectivity index (χ2n) is 10.7. The zero-order valence-corrected chi connectivity index (χ0v) is 22.5. The number of rotatable bonds is 5. The number of ether oxygens (including phenoxy) is 1. The first-order valence-electron chi connectivity index (χ1n) is 13.5. The van der Waals surface area contributed by atoms with Gasteiger partial charge in [-0.2, -0.15) is 0 Å². The summed E-state index contributed by atoms with van der Waals surface area (Å²) in [5.74, 6) is -1.53. The predicted molar refractivity (Wildman–Crippen MR) is 156 cm³/mol. The van der Waals surface area contributed by atoms with Crippen LogP contribution in [0.15, 0.2) is 103 Å². The molecule has 3 atom stereocenters. The molecule has 0 bridgehead atoms. The summed E-state index contributed by atoms with van der Waals surface area (Å²) in [5, 5.41) is 11.9. The van der Waals surface area contributed by atoms with Gasteiger partial charge in [-0.25, -0.2) is 0 Å². The first kappa shape index (κ1) is 25.6. The zero-order chi connectivity index (χ0) is 29.2. The normalized spacial score (nSPS) is 21.2. The fourth-order valence-corrected chi connectivity index (χ4v) is 7.05. The smallest absolute Gasteiger partial charge is 0.269 e. The zero-order valence-electron chi connectivity index (χ0n) is 22.5. The lowest BCUT2D eigenvalue weighted by atomic mass is 9.64. The van der Waals surface area contributed by atoms with Crippen molar-refractivity contribution >= 4 is 34.8 Å². The van der Waals surface area contributed by atoms with E-state index in [9.17, 15) is 24.5 Å². The van der Waals surface area contributed by atoms with Crippen molar-refractivity contribution in [2.45, 2.75) is 18.0 Å². The van der Waals surface area contributed by atoms with Crippen LogP contribution >= 0.6 is 0 Å². The molecule has 1 aliphatic carbocycles. The topological polar surface area (TPSA) is 107 Å².